The summed E-state index contributed by atoms with van der Waals surface area (Å²) < 4.78 is 5.95. The molecule has 5 heteroatoms. The molecule has 0 saturated heterocycles. The van der Waals surface area contributed by atoms with Crippen LogP contribution in [0.1, 0.15) is 69.6 Å². The van der Waals surface area contributed by atoms with E-state index < -0.39 is 0 Å². The lowest BCUT2D eigenvalue weighted by molar-refractivity contribution is -0.130. The smallest absolute Gasteiger partial charge is 0.150 e. The van der Waals surface area contributed by atoms with Crippen LogP contribution in [0.3, 0.4) is 0 Å². The van der Waals surface area contributed by atoms with Crippen molar-refractivity contribution in [3.8, 4) is 5.75 Å². The SMILES string of the molecule is CC(C)(C)CC(=O)[C@H](CC(=O)[C@H](Cc1cccnc1)NC1C=CCCC1)Cc1ccc(OCc2ccccc2)cc1. The van der Waals surface area contributed by atoms with Crippen LogP contribution < -0.4 is 10.1 Å². The molecule has 0 radical (unpaired) electrons. The van der Waals surface area contributed by atoms with Crippen molar-refractivity contribution >= 4 is 11.6 Å². The highest BCUT2D eigenvalue weighted by atomic mass is 16.5. The zero-order valence-corrected chi connectivity index (χ0v) is 24.7. The van der Waals surface area contributed by atoms with E-state index in [9.17, 15) is 9.59 Å². The first-order valence-corrected chi connectivity index (χ1v) is 14.9. The summed E-state index contributed by atoms with van der Waals surface area (Å²) in [4.78, 5) is 31.7. The van der Waals surface area contributed by atoms with Crippen molar-refractivity contribution in [3.63, 3.8) is 0 Å². The maximum atomic E-state index is 13.9. The van der Waals surface area contributed by atoms with Crippen LogP contribution in [0.4, 0.5) is 0 Å². The lowest BCUT2D eigenvalue weighted by Gasteiger charge is -2.27. The van der Waals surface area contributed by atoms with Gasteiger partial charge in [0.25, 0.3) is 0 Å². The van der Waals surface area contributed by atoms with E-state index in [-0.39, 0.29) is 41.4 Å². The van der Waals surface area contributed by atoms with E-state index in [1.807, 2.05) is 72.9 Å². The second-order valence-electron chi connectivity index (χ2n) is 12.4. The summed E-state index contributed by atoms with van der Waals surface area (Å²) in [5.74, 6) is 0.640. The monoisotopic (exact) mass is 552 g/mol. The molecule has 216 valence electrons. The number of aromatic nitrogens is 1. The normalized spacial score (nSPS) is 16.6. The van der Waals surface area contributed by atoms with Gasteiger partial charge in [-0.15, -0.1) is 0 Å². The van der Waals surface area contributed by atoms with E-state index >= 15 is 0 Å². The molecule has 4 rings (SSSR count). The Kier molecular flexibility index (Phi) is 11.0. The van der Waals surface area contributed by atoms with E-state index in [0.717, 1.165) is 41.7 Å². The first-order valence-electron chi connectivity index (χ1n) is 14.9. The molecule has 0 bridgehead atoms. The van der Waals surface area contributed by atoms with Crippen LogP contribution in [0.25, 0.3) is 0 Å². The van der Waals surface area contributed by atoms with Crippen molar-refractivity contribution in [2.45, 2.75) is 84.4 Å². The van der Waals surface area contributed by atoms with Crippen molar-refractivity contribution in [1.29, 1.82) is 0 Å². The molecular formula is C36H44N2O3. The number of ether oxygens (including phenoxy) is 1. The third kappa shape index (κ3) is 10.4. The summed E-state index contributed by atoms with van der Waals surface area (Å²) in [5.41, 5.74) is 3.01. The summed E-state index contributed by atoms with van der Waals surface area (Å²) in [6, 6.07) is 21.7. The van der Waals surface area contributed by atoms with Gasteiger partial charge in [-0.1, -0.05) is 81.5 Å². The average Bonchev–Trinajstić information content (AvgIpc) is 2.97. The Morgan fingerprint density at radius 1 is 0.927 bits per heavy atom. The largest absolute Gasteiger partial charge is 0.489 e. The molecule has 2 aromatic carbocycles. The summed E-state index contributed by atoms with van der Waals surface area (Å²) in [5, 5.41) is 3.60. The third-order valence-corrected chi connectivity index (χ3v) is 7.48. The molecule has 3 aromatic rings. The molecule has 1 aliphatic rings. The van der Waals surface area contributed by atoms with E-state index in [0.29, 0.717) is 25.9 Å². The van der Waals surface area contributed by atoms with E-state index in [4.69, 9.17) is 4.74 Å². The van der Waals surface area contributed by atoms with Gasteiger partial charge < -0.3 is 10.1 Å². The molecule has 1 N–H and O–H groups in total. The van der Waals surface area contributed by atoms with Gasteiger partial charge >= 0.3 is 0 Å². The van der Waals surface area contributed by atoms with Gasteiger partial charge in [0.1, 0.15) is 18.1 Å². The van der Waals surface area contributed by atoms with Gasteiger partial charge in [0.2, 0.25) is 0 Å². The Hall–Kier alpha value is -3.57. The summed E-state index contributed by atoms with van der Waals surface area (Å²) in [6.45, 7) is 6.73. The van der Waals surface area contributed by atoms with Crippen molar-refractivity contribution in [3.05, 3.63) is 108 Å². The topological polar surface area (TPSA) is 68.3 Å². The number of carbonyl (C=O) groups excluding carboxylic acids is 2. The van der Waals surface area contributed by atoms with Gasteiger partial charge in [0.15, 0.2) is 5.78 Å². The minimum absolute atomic E-state index is 0.0860. The molecule has 1 aliphatic carbocycles. The van der Waals surface area contributed by atoms with Crippen LogP contribution in [0.15, 0.2) is 91.3 Å². The lowest BCUT2D eigenvalue weighted by Crippen LogP contribution is -2.45. The molecule has 3 atom stereocenters. The first-order chi connectivity index (χ1) is 19.7. The van der Waals surface area contributed by atoms with Crippen LogP contribution >= 0.6 is 0 Å². The summed E-state index contributed by atoms with van der Waals surface area (Å²) in [6.07, 6.45) is 12.9. The van der Waals surface area contributed by atoms with Gasteiger partial charge in [-0.05, 0) is 72.4 Å². The zero-order chi connectivity index (χ0) is 29.1. The first kappa shape index (κ1) is 30.4. The van der Waals surface area contributed by atoms with Crippen molar-refractivity contribution < 1.29 is 14.3 Å². The van der Waals surface area contributed by atoms with Gasteiger partial charge in [-0.3, -0.25) is 14.6 Å². The van der Waals surface area contributed by atoms with Gasteiger partial charge in [0, 0.05) is 37.2 Å². The van der Waals surface area contributed by atoms with Crippen LogP contribution in [-0.4, -0.2) is 28.6 Å². The van der Waals surface area contributed by atoms with Gasteiger partial charge in [-0.25, -0.2) is 0 Å². The Bertz CT molecular complexity index is 1260. The summed E-state index contributed by atoms with van der Waals surface area (Å²) >= 11 is 0. The molecule has 0 saturated carbocycles. The van der Waals surface area contributed by atoms with Gasteiger partial charge in [0.05, 0.1) is 6.04 Å². The second-order valence-corrected chi connectivity index (χ2v) is 12.4. The third-order valence-electron chi connectivity index (χ3n) is 7.48. The fourth-order valence-corrected chi connectivity index (χ4v) is 5.33. The van der Waals surface area contributed by atoms with E-state index in [1.165, 1.54) is 0 Å². The van der Waals surface area contributed by atoms with Crippen LogP contribution in [-0.2, 0) is 29.0 Å². The number of rotatable bonds is 14. The molecule has 1 heterocycles. The minimum atomic E-state index is -0.377. The highest BCUT2D eigenvalue weighted by molar-refractivity contribution is 5.91. The standard InChI is InChI=1S/C36H44N2O3/c1-36(2,3)24-35(40)30(21-27-16-18-32(19-17-27)41-26-28-11-6-4-7-12-28)23-34(39)33(22-29-13-10-20-37-25-29)38-31-14-8-5-9-15-31/h4,6-8,10-14,16-20,25,30-31,33,38H,5,9,15,21-24,26H2,1-3H3/t30-,31?,33-/m0/s1. The number of nitrogens with zero attached hydrogens (tertiary/aromatic N) is 1. The number of hydrogen-bond donors (Lipinski definition) is 1. The quantitative estimate of drug-likeness (QED) is 0.216. The number of allylic oxidation sites excluding steroid dienone is 1. The Morgan fingerprint density at radius 2 is 1.68 bits per heavy atom. The maximum Gasteiger partial charge on any atom is 0.150 e. The molecule has 5 nitrogen and oxygen atoms in total. The Morgan fingerprint density at radius 3 is 2.34 bits per heavy atom. The fraction of sp³-hybridized carbons (Fsp3) is 0.417. The van der Waals surface area contributed by atoms with E-state index in [2.05, 4.69) is 43.2 Å². The number of pyridine rings is 1. The minimum Gasteiger partial charge on any atom is -0.489 e. The zero-order valence-electron chi connectivity index (χ0n) is 24.7. The Labute approximate surface area is 245 Å². The fourth-order valence-electron chi connectivity index (χ4n) is 5.33. The van der Waals surface area contributed by atoms with Crippen molar-refractivity contribution in [2.75, 3.05) is 0 Å². The number of carbonyl (C=O) groups is 2. The highest BCUT2D eigenvalue weighted by Gasteiger charge is 2.30. The maximum absolute atomic E-state index is 13.9. The molecular weight excluding hydrogens is 508 g/mol. The number of nitrogens with one attached hydrogen (secondary N) is 1. The number of benzene rings is 2. The molecule has 1 unspecified atom stereocenters. The van der Waals surface area contributed by atoms with Crippen molar-refractivity contribution in [1.82, 2.24) is 10.3 Å². The molecule has 0 spiro atoms. The van der Waals surface area contributed by atoms with E-state index in [1.54, 1.807) is 6.20 Å². The highest BCUT2D eigenvalue weighted by Crippen LogP contribution is 2.26. The molecule has 1 aromatic heterocycles. The molecule has 0 fully saturated rings. The number of hydrogen-bond acceptors (Lipinski definition) is 5. The van der Waals surface area contributed by atoms with Crippen LogP contribution in [0, 0.1) is 11.3 Å². The number of ketones is 2. The van der Waals surface area contributed by atoms with Crippen molar-refractivity contribution in [2.24, 2.45) is 11.3 Å². The molecule has 0 aliphatic heterocycles. The summed E-state index contributed by atoms with van der Waals surface area (Å²) in [7, 11) is 0. The predicted molar refractivity (Wildman–Crippen MR) is 165 cm³/mol. The van der Waals surface area contributed by atoms with Crippen LogP contribution in [0.2, 0.25) is 0 Å². The predicted octanol–water partition coefficient (Wildman–Crippen LogP) is 7.09. The Balaban J connectivity index is 1.47. The molecule has 41 heavy (non-hydrogen) atoms. The van der Waals surface area contributed by atoms with Gasteiger partial charge in [-0.2, -0.15) is 0 Å². The van der Waals surface area contributed by atoms with Crippen LogP contribution in [0.5, 0.6) is 5.75 Å². The average molecular weight is 553 g/mol. The number of Topliss-reactive ketones (excluding diaryl/α,β-unsaturated/α-hetero) is 2. The molecule has 0 amide bonds. The lowest BCUT2D eigenvalue weighted by atomic mass is 9.80. The second kappa shape index (κ2) is 14.9.